The van der Waals surface area contributed by atoms with E-state index in [-0.39, 0.29) is 11.7 Å². The minimum absolute atomic E-state index is 0.155. The number of rotatable bonds is 8. The van der Waals surface area contributed by atoms with E-state index in [0.29, 0.717) is 19.0 Å². The van der Waals surface area contributed by atoms with Crippen molar-refractivity contribution in [2.45, 2.75) is 19.4 Å². The number of nitrogens with one attached hydrogen (secondary N) is 1. The average molecular weight is 336 g/mol. The summed E-state index contributed by atoms with van der Waals surface area (Å²) in [6.07, 6.45) is 1.78. The van der Waals surface area contributed by atoms with Crippen LogP contribution in [0.1, 0.15) is 28.1 Å². The molecule has 5 nitrogen and oxygen atoms in total. The number of benzene rings is 2. The third-order valence-electron chi connectivity index (χ3n) is 3.71. The van der Waals surface area contributed by atoms with Gasteiger partial charge in [0.1, 0.15) is 6.61 Å². The summed E-state index contributed by atoms with van der Waals surface area (Å²) in [5, 5.41) is 6.60. The van der Waals surface area contributed by atoms with E-state index in [1.807, 2.05) is 48.5 Å². The summed E-state index contributed by atoms with van der Waals surface area (Å²) >= 11 is 0. The van der Waals surface area contributed by atoms with Crippen LogP contribution in [-0.4, -0.2) is 17.6 Å². The van der Waals surface area contributed by atoms with Crippen molar-refractivity contribution in [2.24, 2.45) is 0 Å². The molecule has 0 saturated heterocycles. The third kappa shape index (κ3) is 5.21. The van der Waals surface area contributed by atoms with E-state index in [9.17, 15) is 4.79 Å². The van der Waals surface area contributed by atoms with Crippen molar-refractivity contribution in [1.82, 2.24) is 10.5 Å². The Morgan fingerprint density at radius 1 is 1.00 bits per heavy atom. The summed E-state index contributed by atoms with van der Waals surface area (Å²) in [5.41, 5.74) is 2.28. The maximum absolute atomic E-state index is 12.0. The van der Waals surface area contributed by atoms with Gasteiger partial charge in [-0.05, 0) is 29.1 Å². The topological polar surface area (TPSA) is 64.4 Å². The number of hydrogen-bond acceptors (Lipinski definition) is 4. The average Bonchev–Trinajstić information content (AvgIpc) is 3.14. The van der Waals surface area contributed by atoms with Gasteiger partial charge < -0.3 is 14.6 Å². The molecule has 0 atom stereocenters. The van der Waals surface area contributed by atoms with Crippen molar-refractivity contribution in [2.75, 3.05) is 6.54 Å². The van der Waals surface area contributed by atoms with Gasteiger partial charge in [-0.15, -0.1) is 0 Å². The fraction of sp³-hybridized carbons (Fsp3) is 0.200. The van der Waals surface area contributed by atoms with E-state index >= 15 is 0 Å². The van der Waals surface area contributed by atoms with Crippen molar-refractivity contribution >= 4 is 5.91 Å². The van der Waals surface area contributed by atoms with Gasteiger partial charge in [0, 0.05) is 6.54 Å². The van der Waals surface area contributed by atoms with Crippen LogP contribution in [0.25, 0.3) is 0 Å². The molecular formula is C20H20N2O3. The molecule has 0 unspecified atom stereocenters. The standard InChI is InChI=1S/C20H20N2O3/c23-20(21-13-7-12-16-8-3-1-4-9-16)18-14-19(22-25-18)24-15-17-10-5-2-6-11-17/h1-6,8-11,14H,7,12-13,15H2,(H,21,23). The van der Waals surface area contributed by atoms with Crippen molar-refractivity contribution in [1.29, 1.82) is 0 Å². The zero-order valence-corrected chi connectivity index (χ0v) is 13.9. The lowest BCUT2D eigenvalue weighted by atomic mass is 10.1. The van der Waals surface area contributed by atoms with E-state index in [1.165, 1.54) is 11.6 Å². The summed E-state index contributed by atoms with van der Waals surface area (Å²) in [6, 6.07) is 21.4. The van der Waals surface area contributed by atoms with E-state index in [2.05, 4.69) is 22.6 Å². The van der Waals surface area contributed by atoms with Crippen LogP contribution in [0.15, 0.2) is 71.3 Å². The lowest BCUT2D eigenvalue weighted by molar-refractivity contribution is 0.0916. The number of carbonyl (C=O) groups excluding carboxylic acids is 1. The minimum atomic E-state index is -0.282. The molecular weight excluding hydrogens is 316 g/mol. The van der Waals surface area contributed by atoms with Gasteiger partial charge in [-0.25, -0.2) is 0 Å². The molecule has 0 saturated carbocycles. The molecule has 0 radical (unpaired) electrons. The maximum atomic E-state index is 12.0. The first-order valence-corrected chi connectivity index (χ1v) is 8.27. The van der Waals surface area contributed by atoms with E-state index in [1.54, 1.807) is 0 Å². The molecule has 0 spiro atoms. The number of carbonyl (C=O) groups is 1. The van der Waals surface area contributed by atoms with Crippen molar-refractivity contribution in [3.63, 3.8) is 0 Å². The number of nitrogens with zero attached hydrogens (tertiary/aromatic N) is 1. The van der Waals surface area contributed by atoms with E-state index in [0.717, 1.165) is 18.4 Å². The molecule has 0 aliphatic carbocycles. The Kier molecular flexibility index (Phi) is 5.82. The molecule has 3 rings (SSSR count). The molecule has 0 aliphatic rings. The number of aromatic nitrogens is 1. The first-order chi connectivity index (χ1) is 12.3. The van der Waals surface area contributed by atoms with Crippen LogP contribution < -0.4 is 10.1 Å². The zero-order chi connectivity index (χ0) is 17.3. The Morgan fingerprint density at radius 3 is 2.40 bits per heavy atom. The first-order valence-electron chi connectivity index (χ1n) is 8.27. The Morgan fingerprint density at radius 2 is 1.68 bits per heavy atom. The van der Waals surface area contributed by atoms with Crippen molar-refractivity contribution in [3.05, 3.63) is 83.6 Å². The molecule has 25 heavy (non-hydrogen) atoms. The Hall–Kier alpha value is -3.08. The molecule has 1 N–H and O–H groups in total. The second kappa shape index (κ2) is 8.68. The molecule has 1 aromatic heterocycles. The lowest BCUT2D eigenvalue weighted by Gasteiger charge is -2.03. The summed E-state index contributed by atoms with van der Waals surface area (Å²) in [5.74, 6) is 0.177. The minimum Gasteiger partial charge on any atom is -0.471 e. The van der Waals surface area contributed by atoms with E-state index in [4.69, 9.17) is 9.26 Å². The first kappa shape index (κ1) is 16.8. The van der Waals surface area contributed by atoms with Crippen molar-refractivity contribution in [3.8, 4) is 5.88 Å². The smallest absolute Gasteiger partial charge is 0.290 e. The molecule has 0 fully saturated rings. The van der Waals surface area contributed by atoms with Gasteiger partial charge in [0.25, 0.3) is 11.8 Å². The Labute approximate surface area is 146 Å². The normalized spacial score (nSPS) is 10.4. The van der Waals surface area contributed by atoms with Crippen molar-refractivity contribution < 1.29 is 14.1 Å². The largest absolute Gasteiger partial charge is 0.471 e. The molecule has 3 aromatic rings. The fourth-order valence-electron chi connectivity index (χ4n) is 2.39. The lowest BCUT2D eigenvalue weighted by Crippen LogP contribution is -2.24. The molecule has 1 heterocycles. The molecule has 0 aliphatic heterocycles. The quantitative estimate of drug-likeness (QED) is 0.638. The van der Waals surface area contributed by atoms with Crippen LogP contribution >= 0.6 is 0 Å². The second-order valence-corrected chi connectivity index (χ2v) is 5.65. The highest BCUT2D eigenvalue weighted by atomic mass is 16.5. The molecule has 2 aromatic carbocycles. The molecule has 5 heteroatoms. The predicted octanol–water partition coefficient (Wildman–Crippen LogP) is 3.62. The Bertz CT molecular complexity index is 785. The highest BCUT2D eigenvalue weighted by Gasteiger charge is 2.13. The summed E-state index contributed by atoms with van der Waals surface area (Å²) in [6.45, 7) is 0.958. The van der Waals surface area contributed by atoms with Crippen LogP contribution in [0.4, 0.5) is 0 Å². The van der Waals surface area contributed by atoms with Gasteiger partial charge in [-0.2, -0.15) is 0 Å². The van der Waals surface area contributed by atoms with Gasteiger partial charge in [-0.1, -0.05) is 60.7 Å². The zero-order valence-electron chi connectivity index (χ0n) is 13.9. The van der Waals surface area contributed by atoms with Crippen LogP contribution in [0, 0.1) is 0 Å². The van der Waals surface area contributed by atoms with Gasteiger partial charge in [0.15, 0.2) is 0 Å². The third-order valence-corrected chi connectivity index (χ3v) is 3.71. The van der Waals surface area contributed by atoms with Gasteiger partial charge in [0.05, 0.1) is 6.07 Å². The maximum Gasteiger partial charge on any atom is 0.290 e. The molecule has 0 bridgehead atoms. The molecule has 128 valence electrons. The second-order valence-electron chi connectivity index (χ2n) is 5.65. The number of hydrogen-bond donors (Lipinski definition) is 1. The summed E-state index contributed by atoms with van der Waals surface area (Å²) in [7, 11) is 0. The van der Waals surface area contributed by atoms with Gasteiger partial charge >= 0.3 is 0 Å². The van der Waals surface area contributed by atoms with Crippen LogP contribution in [0.3, 0.4) is 0 Å². The number of amides is 1. The number of aryl methyl sites for hydroxylation is 1. The van der Waals surface area contributed by atoms with Gasteiger partial charge in [-0.3, -0.25) is 4.79 Å². The monoisotopic (exact) mass is 336 g/mol. The van der Waals surface area contributed by atoms with Crippen LogP contribution in [0.2, 0.25) is 0 Å². The highest BCUT2D eigenvalue weighted by molar-refractivity contribution is 5.91. The Balaban J connectivity index is 1.41. The van der Waals surface area contributed by atoms with Crippen LogP contribution in [0.5, 0.6) is 5.88 Å². The van der Waals surface area contributed by atoms with Crippen LogP contribution in [-0.2, 0) is 13.0 Å². The summed E-state index contributed by atoms with van der Waals surface area (Å²) in [4.78, 5) is 12.0. The highest BCUT2D eigenvalue weighted by Crippen LogP contribution is 2.13. The van der Waals surface area contributed by atoms with Gasteiger partial charge in [0.2, 0.25) is 5.76 Å². The predicted molar refractivity (Wildman–Crippen MR) is 94.4 cm³/mol. The fourth-order valence-corrected chi connectivity index (χ4v) is 2.39. The SMILES string of the molecule is O=C(NCCCc1ccccc1)c1cc(OCc2ccccc2)no1. The number of ether oxygens (including phenoxy) is 1. The summed E-state index contributed by atoms with van der Waals surface area (Å²) < 4.78 is 10.6. The molecule has 1 amide bonds. The van der Waals surface area contributed by atoms with E-state index < -0.39 is 0 Å².